The number of aryl methyl sites for hydroxylation is 1. The molecule has 0 aliphatic heterocycles. The normalized spacial score (nSPS) is 10.7. The summed E-state index contributed by atoms with van der Waals surface area (Å²) in [5, 5.41) is 3.73. The van der Waals surface area contributed by atoms with Gasteiger partial charge >= 0.3 is 0 Å². The monoisotopic (exact) mass is 400 g/mol. The molecule has 0 saturated heterocycles. The first-order valence-corrected chi connectivity index (χ1v) is 9.83. The van der Waals surface area contributed by atoms with E-state index in [9.17, 15) is 4.79 Å². The van der Waals surface area contributed by atoms with Crippen molar-refractivity contribution < 1.29 is 4.79 Å². The van der Waals surface area contributed by atoms with Crippen molar-refractivity contribution in [3.63, 3.8) is 0 Å². The van der Waals surface area contributed by atoms with Gasteiger partial charge in [0.1, 0.15) is 0 Å². The van der Waals surface area contributed by atoms with Crippen LogP contribution in [0.25, 0.3) is 16.9 Å². The Morgan fingerprint density at radius 2 is 1.52 bits per heavy atom. The zero-order valence-electron chi connectivity index (χ0n) is 16.3. The minimum Gasteiger partial charge on any atom is -0.322 e. The molecule has 4 aromatic rings. The van der Waals surface area contributed by atoms with Gasteiger partial charge in [0, 0.05) is 22.1 Å². The van der Waals surface area contributed by atoms with Crippen LogP contribution in [-0.4, -0.2) is 10.5 Å². The zero-order chi connectivity index (χ0) is 20.4. The van der Waals surface area contributed by atoms with Crippen LogP contribution in [0.5, 0.6) is 0 Å². The Kier molecular flexibility index (Phi) is 5.24. The molecule has 4 heteroatoms. The van der Waals surface area contributed by atoms with Crippen LogP contribution < -0.4 is 5.32 Å². The van der Waals surface area contributed by atoms with E-state index in [2.05, 4.69) is 9.88 Å². The molecule has 1 N–H and O–H groups in total. The SMILES string of the molecule is Cc1ccccc1NC(=O)c1cc(-c2ccc(Cl)cc2)n(-c2ccccc2)c1C. The number of hydrogen-bond acceptors (Lipinski definition) is 1. The van der Waals surface area contributed by atoms with Crippen LogP contribution in [-0.2, 0) is 0 Å². The highest BCUT2D eigenvalue weighted by molar-refractivity contribution is 6.30. The minimum absolute atomic E-state index is 0.123. The van der Waals surface area contributed by atoms with Crippen molar-refractivity contribution in [2.24, 2.45) is 0 Å². The maximum Gasteiger partial charge on any atom is 0.257 e. The van der Waals surface area contributed by atoms with Gasteiger partial charge in [0.25, 0.3) is 5.91 Å². The van der Waals surface area contributed by atoms with Crippen molar-refractivity contribution in [1.82, 2.24) is 4.57 Å². The number of nitrogens with one attached hydrogen (secondary N) is 1. The number of aromatic nitrogens is 1. The Morgan fingerprint density at radius 3 is 2.21 bits per heavy atom. The van der Waals surface area contributed by atoms with Gasteiger partial charge in [-0.05, 0) is 61.4 Å². The van der Waals surface area contributed by atoms with Crippen molar-refractivity contribution in [2.75, 3.05) is 5.32 Å². The molecule has 0 atom stereocenters. The number of benzene rings is 3. The third kappa shape index (κ3) is 3.82. The second-order valence-electron chi connectivity index (χ2n) is 6.98. The third-order valence-electron chi connectivity index (χ3n) is 5.04. The number of nitrogens with zero attached hydrogens (tertiary/aromatic N) is 1. The molecule has 3 nitrogen and oxygen atoms in total. The lowest BCUT2D eigenvalue weighted by atomic mass is 10.1. The van der Waals surface area contributed by atoms with E-state index in [0.29, 0.717) is 10.6 Å². The lowest BCUT2D eigenvalue weighted by molar-refractivity contribution is 0.102. The van der Waals surface area contributed by atoms with Crippen LogP contribution >= 0.6 is 11.6 Å². The molecule has 0 unspecified atom stereocenters. The number of carbonyl (C=O) groups excluding carboxylic acids is 1. The Bertz CT molecular complexity index is 1160. The lowest BCUT2D eigenvalue weighted by Gasteiger charge is -2.12. The second kappa shape index (κ2) is 7.98. The van der Waals surface area contributed by atoms with Crippen molar-refractivity contribution in [1.29, 1.82) is 0 Å². The van der Waals surface area contributed by atoms with E-state index >= 15 is 0 Å². The first-order chi connectivity index (χ1) is 14.0. The maximum absolute atomic E-state index is 13.1. The topological polar surface area (TPSA) is 34.0 Å². The van der Waals surface area contributed by atoms with Crippen molar-refractivity contribution in [3.05, 3.63) is 107 Å². The van der Waals surface area contributed by atoms with Gasteiger partial charge < -0.3 is 9.88 Å². The van der Waals surface area contributed by atoms with E-state index in [0.717, 1.165) is 33.9 Å². The van der Waals surface area contributed by atoms with E-state index in [1.165, 1.54) is 0 Å². The van der Waals surface area contributed by atoms with E-state index < -0.39 is 0 Å². The summed E-state index contributed by atoms with van der Waals surface area (Å²) >= 11 is 6.08. The molecule has 1 aromatic heterocycles. The highest BCUT2D eigenvalue weighted by Gasteiger charge is 2.20. The highest BCUT2D eigenvalue weighted by atomic mass is 35.5. The van der Waals surface area contributed by atoms with Crippen molar-refractivity contribution >= 4 is 23.2 Å². The predicted molar refractivity (Wildman–Crippen MR) is 120 cm³/mol. The first kappa shape index (κ1) is 19.0. The van der Waals surface area contributed by atoms with Gasteiger partial charge in [-0.15, -0.1) is 0 Å². The summed E-state index contributed by atoms with van der Waals surface area (Å²) in [6.07, 6.45) is 0. The van der Waals surface area contributed by atoms with Crippen LogP contribution in [0.3, 0.4) is 0 Å². The highest BCUT2D eigenvalue weighted by Crippen LogP contribution is 2.31. The Morgan fingerprint density at radius 1 is 0.862 bits per heavy atom. The van der Waals surface area contributed by atoms with Gasteiger partial charge in [-0.25, -0.2) is 0 Å². The van der Waals surface area contributed by atoms with E-state index in [1.54, 1.807) is 0 Å². The Labute approximate surface area is 175 Å². The van der Waals surface area contributed by atoms with Gasteiger partial charge in [-0.1, -0.05) is 60.1 Å². The molecular formula is C25H21ClN2O. The smallest absolute Gasteiger partial charge is 0.257 e. The Balaban J connectivity index is 1.82. The molecule has 144 valence electrons. The lowest BCUT2D eigenvalue weighted by Crippen LogP contribution is -2.13. The van der Waals surface area contributed by atoms with E-state index in [4.69, 9.17) is 11.6 Å². The van der Waals surface area contributed by atoms with Gasteiger partial charge in [0.2, 0.25) is 0 Å². The predicted octanol–water partition coefficient (Wildman–Crippen LogP) is 6.67. The molecule has 1 amide bonds. The molecule has 0 bridgehead atoms. The fraction of sp³-hybridized carbons (Fsp3) is 0.0800. The quantitative estimate of drug-likeness (QED) is 0.408. The second-order valence-corrected chi connectivity index (χ2v) is 7.41. The van der Waals surface area contributed by atoms with Crippen molar-refractivity contribution in [3.8, 4) is 16.9 Å². The summed E-state index contributed by atoms with van der Waals surface area (Å²) in [4.78, 5) is 13.1. The number of hydrogen-bond donors (Lipinski definition) is 1. The van der Waals surface area contributed by atoms with Crippen LogP contribution in [0.15, 0.2) is 84.9 Å². The molecule has 0 spiro atoms. The summed E-state index contributed by atoms with van der Waals surface area (Å²) in [5.41, 5.74) is 6.31. The largest absolute Gasteiger partial charge is 0.322 e. The average Bonchev–Trinajstić information content (AvgIpc) is 3.08. The molecule has 3 aromatic carbocycles. The maximum atomic E-state index is 13.1. The summed E-state index contributed by atoms with van der Waals surface area (Å²) in [6.45, 7) is 3.95. The van der Waals surface area contributed by atoms with E-state index in [1.807, 2.05) is 98.8 Å². The summed E-state index contributed by atoms with van der Waals surface area (Å²) in [6, 6.07) is 27.4. The number of rotatable bonds is 4. The van der Waals surface area contributed by atoms with E-state index in [-0.39, 0.29) is 5.91 Å². The Hall–Kier alpha value is -3.30. The molecule has 29 heavy (non-hydrogen) atoms. The first-order valence-electron chi connectivity index (χ1n) is 9.45. The number of amides is 1. The molecule has 0 aliphatic carbocycles. The molecule has 0 aliphatic rings. The third-order valence-corrected chi connectivity index (χ3v) is 5.29. The number of para-hydroxylation sites is 2. The molecule has 0 fully saturated rings. The molecule has 4 rings (SSSR count). The number of halogens is 1. The summed E-state index contributed by atoms with van der Waals surface area (Å²) in [5.74, 6) is -0.123. The minimum atomic E-state index is -0.123. The van der Waals surface area contributed by atoms with Crippen LogP contribution in [0.1, 0.15) is 21.6 Å². The van der Waals surface area contributed by atoms with Gasteiger partial charge in [-0.3, -0.25) is 4.79 Å². The zero-order valence-corrected chi connectivity index (χ0v) is 17.1. The van der Waals surface area contributed by atoms with Gasteiger partial charge in [-0.2, -0.15) is 0 Å². The molecule has 1 heterocycles. The number of anilines is 1. The fourth-order valence-corrected chi connectivity index (χ4v) is 3.61. The number of carbonyl (C=O) groups is 1. The molecule has 0 radical (unpaired) electrons. The van der Waals surface area contributed by atoms with Crippen molar-refractivity contribution in [2.45, 2.75) is 13.8 Å². The fourth-order valence-electron chi connectivity index (χ4n) is 3.48. The van der Waals surface area contributed by atoms with Gasteiger partial charge in [0.15, 0.2) is 0 Å². The molecular weight excluding hydrogens is 380 g/mol. The summed E-state index contributed by atoms with van der Waals surface area (Å²) in [7, 11) is 0. The van der Waals surface area contributed by atoms with Crippen LogP contribution in [0, 0.1) is 13.8 Å². The standard InChI is InChI=1S/C25H21ClN2O/c1-17-8-6-7-11-23(17)27-25(29)22-16-24(19-12-14-20(26)15-13-19)28(18(22)2)21-9-4-3-5-10-21/h3-16H,1-2H3,(H,27,29). The van der Waals surface area contributed by atoms with Gasteiger partial charge in [0.05, 0.1) is 11.3 Å². The van der Waals surface area contributed by atoms with Crippen LogP contribution in [0.4, 0.5) is 5.69 Å². The average molecular weight is 401 g/mol. The summed E-state index contributed by atoms with van der Waals surface area (Å²) < 4.78 is 2.11. The van der Waals surface area contributed by atoms with Crippen LogP contribution in [0.2, 0.25) is 5.02 Å². The molecule has 0 saturated carbocycles.